The number of hydrogen-bond acceptors (Lipinski definition) is 4. The summed E-state index contributed by atoms with van der Waals surface area (Å²) in [7, 11) is 2.90. The minimum absolute atomic E-state index is 0.344. The van der Waals surface area contributed by atoms with Crippen LogP contribution in [0.2, 0.25) is 0 Å². The van der Waals surface area contributed by atoms with Gasteiger partial charge in [-0.2, -0.15) is 0 Å². The monoisotopic (exact) mass is 350 g/mol. The Kier molecular flexibility index (Phi) is 5.22. The van der Waals surface area contributed by atoms with Crippen molar-refractivity contribution in [3.8, 4) is 11.5 Å². The molecule has 5 heteroatoms. The summed E-state index contributed by atoms with van der Waals surface area (Å²) in [5.74, 6) is 0.606. The lowest BCUT2D eigenvalue weighted by molar-refractivity contribution is 0.0595. The van der Waals surface area contributed by atoms with Crippen molar-refractivity contribution in [2.45, 2.75) is 6.61 Å². The Morgan fingerprint density at radius 3 is 2.62 bits per heavy atom. The van der Waals surface area contributed by atoms with Crippen LogP contribution in [0.25, 0.3) is 0 Å². The molecule has 2 aromatic rings. The number of hydrogen-bond donors (Lipinski definition) is 0. The van der Waals surface area contributed by atoms with Crippen molar-refractivity contribution in [3.05, 3.63) is 58.1 Å². The molecule has 2 aromatic carbocycles. The molecule has 0 fully saturated rings. The van der Waals surface area contributed by atoms with Gasteiger partial charge in [-0.1, -0.05) is 28.1 Å². The molecule has 0 aliphatic rings. The minimum atomic E-state index is -0.443. The molecule has 0 amide bonds. The maximum absolute atomic E-state index is 11.7. The molecule has 0 unspecified atom stereocenters. The van der Waals surface area contributed by atoms with Gasteiger partial charge in [-0.3, -0.25) is 0 Å². The average molecular weight is 351 g/mol. The van der Waals surface area contributed by atoms with E-state index in [1.54, 1.807) is 25.3 Å². The smallest absolute Gasteiger partial charge is 0.341 e. The van der Waals surface area contributed by atoms with Crippen molar-refractivity contribution in [1.29, 1.82) is 0 Å². The summed E-state index contributed by atoms with van der Waals surface area (Å²) in [5, 5.41) is 0. The number of halogens is 1. The van der Waals surface area contributed by atoms with E-state index in [0.29, 0.717) is 23.7 Å². The van der Waals surface area contributed by atoms with Crippen molar-refractivity contribution < 1.29 is 19.0 Å². The van der Waals surface area contributed by atoms with E-state index in [4.69, 9.17) is 14.2 Å². The highest BCUT2D eigenvalue weighted by Crippen LogP contribution is 2.26. The Labute approximate surface area is 131 Å². The normalized spacial score (nSPS) is 10.0. The predicted octanol–water partition coefficient (Wildman–Crippen LogP) is 3.82. The van der Waals surface area contributed by atoms with E-state index in [9.17, 15) is 4.79 Å². The molecule has 0 heterocycles. The number of methoxy groups -OCH3 is 2. The van der Waals surface area contributed by atoms with Crippen molar-refractivity contribution in [2.24, 2.45) is 0 Å². The van der Waals surface area contributed by atoms with Gasteiger partial charge in [0.15, 0.2) is 0 Å². The Balaban J connectivity index is 2.22. The first-order valence-corrected chi connectivity index (χ1v) is 7.07. The average Bonchev–Trinajstić information content (AvgIpc) is 2.52. The third kappa shape index (κ3) is 3.98. The summed E-state index contributed by atoms with van der Waals surface area (Å²) in [6.07, 6.45) is 0. The molecule has 0 radical (unpaired) electrons. The molecule has 2 rings (SSSR count). The van der Waals surface area contributed by atoms with Crippen LogP contribution in [-0.2, 0) is 11.3 Å². The molecule has 0 bridgehead atoms. The summed E-state index contributed by atoms with van der Waals surface area (Å²) >= 11 is 3.41. The fourth-order valence-electron chi connectivity index (χ4n) is 1.82. The predicted molar refractivity (Wildman–Crippen MR) is 82.8 cm³/mol. The Morgan fingerprint density at radius 2 is 1.95 bits per heavy atom. The maximum Gasteiger partial charge on any atom is 0.341 e. The van der Waals surface area contributed by atoms with Crippen molar-refractivity contribution >= 4 is 21.9 Å². The molecular weight excluding hydrogens is 336 g/mol. The fraction of sp³-hybridized carbons (Fsp3) is 0.188. The summed E-state index contributed by atoms with van der Waals surface area (Å²) < 4.78 is 16.6. The molecule has 110 valence electrons. The van der Waals surface area contributed by atoms with E-state index >= 15 is 0 Å². The van der Waals surface area contributed by atoms with Gasteiger partial charge in [-0.15, -0.1) is 0 Å². The topological polar surface area (TPSA) is 44.8 Å². The van der Waals surface area contributed by atoms with Gasteiger partial charge in [0.25, 0.3) is 0 Å². The van der Waals surface area contributed by atoms with Crippen LogP contribution in [0.1, 0.15) is 15.9 Å². The lowest BCUT2D eigenvalue weighted by Crippen LogP contribution is -2.06. The van der Waals surface area contributed by atoms with Crippen LogP contribution in [0.5, 0.6) is 11.5 Å². The van der Waals surface area contributed by atoms with E-state index in [1.165, 1.54) is 7.11 Å². The van der Waals surface area contributed by atoms with Gasteiger partial charge in [-0.05, 0) is 29.8 Å². The first-order chi connectivity index (χ1) is 10.1. The number of rotatable bonds is 5. The molecule has 0 aromatic heterocycles. The molecule has 4 nitrogen and oxygen atoms in total. The zero-order valence-corrected chi connectivity index (χ0v) is 13.3. The lowest BCUT2D eigenvalue weighted by Gasteiger charge is -2.12. The molecule has 0 saturated heterocycles. The van der Waals surface area contributed by atoms with E-state index in [2.05, 4.69) is 15.9 Å². The summed E-state index contributed by atoms with van der Waals surface area (Å²) in [6, 6.07) is 12.8. The second kappa shape index (κ2) is 7.13. The Hall–Kier alpha value is -2.01. The van der Waals surface area contributed by atoms with Crippen LogP contribution in [-0.4, -0.2) is 20.2 Å². The maximum atomic E-state index is 11.7. The molecule has 21 heavy (non-hydrogen) atoms. The van der Waals surface area contributed by atoms with E-state index in [-0.39, 0.29) is 0 Å². The molecule has 0 aliphatic carbocycles. The van der Waals surface area contributed by atoms with Gasteiger partial charge < -0.3 is 14.2 Å². The SMILES string of the molecule is COC(=O)c1ccc(OC)cc1OCc1cccc(Br)c1. The van der Waals surface area contributed by atoms with Crippen LogP contribution in [0, 0.1) is 0 Å². The molecule has 0 atom stereocenters. The van der Waals surface area contributed by atoms with Crippen LogP contribution >= 0.6 is 15.9 Å². The van der Waals surface area contributed by atoms with Gasteiger partial charge >= 0.3 is 5.97 Å². The van der Waals surface area contributed by atoms with Crippen molar-refractivity contribution in [3.63, 3.8) is 0 Å². The Bertz CT molecular complexity index is 640. The molecule has 0 aliphatic heterocycles. The molecule has 0 saturated carbocycles. The van der Waals surface area contributed by atoms with E-state index in [1.807, 2.05) is 24.3 Å². The second-order valence-electron chi connectivity index (χ2n) is 4.27. The number of benzene rings is 2. The number of ether oxygens (including phenoxy) is 3. The fourth-order valence-corrected chi connectivity index (χ4v) is 2.26. The third-order valence-corrected chi connectivity index (χ3v) is 3.37. The zero-order valence-electron chi connectivity index (χ0n) is 11.8. The summed E-state index contributed by atoms with van der Waals surface area (Å²) in [4.78, 5) is 11.7. The van der Waals surface area contributed by atoms with Crippen LogP contribution in [0.3, 0.4) is 0 Å². The van der Waals surface area contributed by atoms with Gasteiger partial charge in [0.1, 0.15) is 23.7 Å². The van der Waals surface area contributed by atoms with E-state index in [0.717, 1.165) is 10.0 Å². The quantitative estimate of drug-likeness (QED) is 0.769. The number of carbonyl (C=O) groups is 1. The molecule has 0 spiro atoms. The van der Waals surface area contributed by atoms with Gasteiger partial charge in [0.05, 0.1) is 14.2 Å². The minimum Gasteiger partial charge on any atom is -0.497 e. The first-order valence-electron chi connectivity index (χ1n) is 6.27. The van der Waals surface area contributed by atoms with Gasteiger partial charge in [0.2, 0.25) is 0 Å². The summed E-state index contributed by atoms with van der Waals surface area (Å²) in [5.41, 5.74) is 1.36. The first kappa shape index (κ1) is 15.4. The largest absolute Gasteiger partial charge is 0.497 e. The zero-order chi connectivity index (χ0) is 15.2. The highest BCUT2D eigenvalue weighted by molar-refractivity contribution is 9.10. The molecular formula is C16H15BrO4. The van der Waals surface area contributed by atoms with E-state index < -0.39 is 5.97 Å². The number of esters is 1. The highest BCUT2D eigenvalue weighted by Gasteiger charge is 2.14. The number of carbonyl (C=O) groups excluding carboxylic acids is 1. The van der Waals surface area contributed by atoms with Gasteiger partial charge in [-0.25, -0.2) is 4.79 Å². The lowest BCUT2D eigenvalue weighted by atomic mass is 10.2. The van der Waals surface area contributed by atoms with Crippen LogP contribution < -0.4 is 9.47 Å². The van der Waals surface area contributed by atoms with Gasteiger partial charge in [0, 0.05) is 10.5 Å². The summed E-state index contributed by atoms with van der Waals surface area (Å²) in [6.45, 7) is 0.344. The van der Waals surface area contributed by atoms with Crippen molar-refractivity contribution in [1.82, 2.24) is 0 Å². The van der Waals surface area contributed by atoms with Crippen LogP contribution in [0.4, 0.5) is 0 Å². The van der Waals surface area contributed by atoms with Crippen LogP contribution in [0.15, 0.2) is 46.9 Å². The molecule has 0 N–H and O–H groups in total. The van der Waals surface area contributed by atoms with Crippen molar-refractivity contribution in [2.75, 3.05) is 14.2 Å². The highest BCUT2D eigenvalue weighted by atomic mass is 79.9. The standard InChI is InChI=1S/C16H15BrO4/c1-19-13-6-7-14(16(18)20-2)15(9-13)21-10-11-4-3-5-12(17)8-11/h3-9H,10H2,1-2H3. The third-order valence-electron chi connectivity index (χ3n) is 2.88. The Morgan fingerprint density at radius 1 is 1.14 bits per heavy atom. The second-order valence-corrected chi connectivity index (χ2v) is 5.19.